The number of hydrogen-bond donors (Lipinski definition) is 2. The van der Waals surface area contributed by atoms with E-state index in [-0.39, 0.29) is 24.3 Å². The normalized spacial score (nSPS) is 17.9. The highest BCUT2D eigenvalue weighted by Crippen LogP contribution is 2.32. The highest BCUT2D eigenvalue weighted by atomic mass is 19.4. The van der Waals surface area contributed by atoms with Crippen LogP contribution < -0.4 is 11.1 Å². The summed E-state index contributed by atoms with van der Waals surface area (Å²) in [5.74, 6) is 0.0432. The van der Waals surface area contributed by atoms with E-state index >= 15 is 0 Å². The van der Waals surface area contributed by atoms with Crippen molar-refractivity contribution in [1.29, 1.82) is 0 Å². The van der Waals surface area contributed by atoms with Crippen molar-refractivity contribution in [3.63, 3.8) is 0 Å². The molecule has 1 aromatic carbocycles. The lowest BCUT2D eigenvalue weighted by molar-refractivity contribution is -0.137. The third-order valence-electron chi connectivity index (χ3n) is 4.04. The maximum absolute atomic E-state index is 12.7. The Labute approximate surface area is 128 Å². The van der Waals surface area contributed by atoms with Crippen LogP contribution in [0.2, 0.25) is 0 Å². The van der Waals surface area contributed by atoms with Gasteiger partial charge in [0.25, 0.3) is 0 Å². The van der Waals surface area contributed by atoms with Crippen LogP contribution in [0.3, 0.4) is 0 Å². The first-order chi connectivity index (χ1) is 10.3. The van der Waals surface area contributed by atoms with Crippen molar-refractivity contribution in [1.82, 2.24) is 5.32 Å². The average molecular weight is 314 g/mol. The van der Waals surface area contributed by atoms with Gasteiger partial charge in [-0.1, -0.05) is 25.1 Å². The molecule has 6 heteroatoms. The van der Waals surface area contributed by atoms with Gasteiger partial charge in [-0.3, -0.25) is 4.79 Å². The molecule has 1 aromatic rings. The van der Waals surface area contributed by atoms with E-state index in [2.05, 4.69) is 5.32 Å². The Morgan fingerprint density at radius 2 is 2.09 bits per heavy atom. The number of halogens is 3. The molecule has 0 aliphatic heterocycles. The van der Waals surface area contributed by atoms with Crippen LogP contribution >= 0.6 is 0 Å². The number of amides is 1. The second-order valence-electron chi connectivity index (χ2n) is 6.03. The van der Waals surface area contributed by atoms with Gasteiger partial charge in [0.1, 0.15) is 0 Å². The molecule has 1 saturated carbocycles. The van der Waals surface area contributed by atoms with Crippen LogP contribution in [0.25, 0.3) is 0 Å². The number of alkyl halides is 3. The molecule has 1 aliphatic rings. The highest BCUT2D eigenvalue weighted by molar-refractivity contribution is 5.76. The summed E-state index contributed by atoms with van der Waals surface area (Å²) in [5.41, 5.74) is 5.72. The topological polar surface area (TPSA) is 55.1 Å². The monoisotopic (exact) mass is 314 g/mol. The van der Waals surface area contributed by atoms with Crippen LogP contribution in [0.1, 0.15) is 43.2 Å². The molecule has 1 fully saturated rings. The van der Waals surface area contributed by atoms with E-state index in [9.17, 15) is 18.0 Å². The molecular weight excluding hydrogens is 293 g/mol. The van der Waals surface area contributed by atoms with Gasteiger partial charge in [0.15, 0.2) is 0 Å². The third-order valence-corrected chi connectivity index (χ3v) is 4.04. The summed E-state index contributed by atoms with van der Waals surface area (Å²) >= 11 is 0. The molecule has 0 heterocycles. The molecule has 0 saturated heterocycles. The van der Waals surface area contributed by atoms with E-state index in [0.29, 0.717) is 18.0 Å². The number of nitrogens with two attached hydrogens (primary N) is 1. The van der Waals surface area contributed by atoms with E-state index in [1.165, 1.54) is 6.07 Å². The smallest absolute Gasteiger partial charge is 0.355 e. The summed E-state index contributed by atoms with van der Waals surface area (Å²) in [6.07, 6.45) is -2.00. The Balaban J connectivity index is 1.88. The molecular formula is C16H21F3N2O. The lowest BCUT2D eigenvalue weighted by Crippen LogP contribution is -2.38. The van der Waals surface area contributed by atoms with Crippen LogP contribution in [0.5, 0.6) is 0 Å². The van der Waals surface area contributed by atoms with Gasteiger partial charge in [-0.05, 0) is 36.3 Å². The molecule has 22 heavy (non-hydrogen) atoms. The summed E-state index contributed by atoms with van der Waals surface area (Å²) < 4.78 is 38.1. The maximum Gasteiger partial charge on any atom is 0.416 e. The SMILES string of the molecule is CC(CC(=O)NCC(N)C1CC1)c1cccc(C(F)(F)F)c1. The highest BCUT2D eigenvalue weighted by Gasteiger charge is 2.31. The number of rotatable bonds is 6. The van der Waals surface area contributed by atoms with Crippen molar-refractivity contribution in [3.05, 3.63) is 35.4 Å². The Morgan fingerprint density at radius 3 is 2.68 bits per heavy atom. The third kappa shape index (κ3) is 4.73. The minimum atomic E-state index is -4.37. The maximum atomic E-state index is 12.7. The van der Waals surface area contributed by atoms with Crippen LogP contribution in [-0.4, -0.2) is 18.5 Å². The summed E-state index contributed by atoms with van der Waals surface area (Å²) in [5, 5.41) is 2.76. The van der Waals surface area contributed by atoms with Gasteiger partial charge in [0.2, 0.25) is 5.91 Å². The van der Waals surface area contributed by atoms with Crippen molar-refractivity contribution in [3.8, 4) is 0 Å². The first kappa shape index (κ1) is 16.8. The molecule has 3 N–H and O–H groups in total. The molecule has 1 amide bonds. The van der Waals surface area contributed by atoms with Crippen molar-refractivity contribution >= 4 is 5.91 Å². The molecule has 0 bridgehead atoms. The van der Waals surface area contributed by atoms with Gasteiger partial charge in [-0.25, -0.2) is 0 Å². The molecule has 3 nitrogen and oxygen atoms in total. The molecule has 2 rings (SSSR count). The largest absolute Gasteiger partial charge is 0.416 e. The number of carbonyl (C=O) groups excluding carboxylic acids is 1. The predicted octanol–water partition coefficient (Wildman–Crippen LogP) is 3.05. The first-order valence-electron chi connectivity index (χ1n) is 7.47. The Morgan fingerprint density at radius 1 is 1.41 bits per heavy atom. The average Bonchev–Trinajstić information content (AvgIpc) is 3.28. The van der Waals surface area contributed by atoms with Gasteiger partial charge in [0.05, 0.1) is 5.56 Å². The zero-order chi connectivity index (χ0) is 16.3. The second-order valence-corrected chi connectivity index (χ2v) is 6.03. The van der Waals surface area contributed by atoms with Gasteiger partial charge < -0.3 is 11.1 Å². The van der Waals surface area contributed by atoms with Gasteiger partial charge in [-0.2, -0.15) is 13.2 Å². The van der Waals surface area contributed by atoms with E-state index in [0.717, 1.165) is 25.0 Å². The number of nitrogens with one attached hydrogen (secondary N) is 1. The molecule has 1 aliphatic carbocycles. The van der Waals surface area contributed by atoms with Crippen LogP contribution in [0.4, 0.5) is 13.2 Å². The van der Waals surface area contributed by atoms with Crippen molar-refractivity contribution in [2.45, 2.75) is 44.3 Å². The fraction of sp³-hybridized carbons (Fsp3) is 0.562. The number of benzene rings is 1. The summed E-state index contributed by atoms with van der Waals surface area (Å²) in [6, 6.07) is 5.10. The fourth-order valence-electron chi connectivity index (χ4n) is 2.41. The van der Waals surface area contributed by atoms with Crippen LogP contribution in [0, 0.1) is 5.92 Å². The molecule has 2 unspecified atom stereocenters. The van der Waals surface area contributed by atoms with E-state index in [1.807, 2.05) is 0 Å². The second kappa shape index (κ2) is 6.69. The lowest BCUT2D eigenvalue weighted by Gasteiger charge is -2.16. The van der Waals surface area contributed by atoms with E-state index in [4.69, 9.17) is 5.73 Å². The van der Waals surface area contributed by atoms with E-state index < -0.39 is 11.7 Å². The molecule has 2 atom stereocenters. The lowest BCUT2D eigenvalue weighted by atomic mass is 9.95. The van der Waals surface area contributed by atoms with Gasteiger partial charge in [-0.15, -0.1) is 0 Å². The van der Waals surface area contributed by atoms with Crippen molar-refractivity contribution < 1.29 is 18.0 Å². The van der Waals surface area contributed by atoms with Gasteiger partial charge in [0, 0.05) is 19.0 Å². The standard InChI is InChI=1S/C16H21F3N2O/c1-10(7-15(22)21-9-14(20)11-5-6-11)12-3-2-4-13(8-12)16(17,18)19/h2-4,8,10-11,14H,5-7,9,20H2,1H3,(H,21,22). The fourth-order valence-corrected chi connectivity index (χ4v) is 2.41. The predicted molar refractivity (Wildman–Crippen MR) is 78.2 cm³/mol. The summed E-state index contributed by atoms with van der Waals surface area (Å²) in [4.78, 5) is 11.9. The number of hydrogen-bond acceptors (Lipinski definition) is 2. The van der Waals surface area contributed by atoms with E-state index in [1.54, 1.807) is 13.0 Å². The number of carbonyl (C=O) groups is 1. The zero-order valence-corrected chi connectivity index (χ0v) is 12.5. The molecule has 122 valence electrons. The van der Waals surface area contributed by atoms with Crippen LogP contribution in [0.15, 0.2) is 24.3 Å². The summed E-state index contributed by atoms with van der Waals surface area (Å²) in [6.45, 7) is 2.18. The quantitative estimate of drug-likeness (QED) is 0.848. The Hall–Kier alpha value is -1.56. The minimum absolute atomic E-state index is 0.0205. The van der Waals surface area contributed by atoms with Crippen molar-refractivity contribution in [2.24, 2.45) is 11.7 Å². The zero-order valence-electron chi connectivity index (χ0n) is 12.5. The van der Waals surface area contributed by atoms with Crippen molar-refractivity contribution in [2.75, 3.05) is 6.54 Å². The minimum Gasteiger partial charge on any atom is -0.355 e. The molecule has 0 aromatic heterocycles. The Kier molecular flexibility index (Phi) is 5.11. The summed E-state index contributed by atoms with van der Waals surface area (Å²) in [7, 11) is 0. The molecule has 0 radical (unpaired) electrons. The first-order valence-corrected chi connectivity index (χ1v) is 7.47. The van der Waals surface area contributed by atoms with Gasteiger partial charge >= 0.3 is 6.18 Å². The van der Waals surface area contributed by atoms with Crippen LogP contribution in [-0.2, 0) is 11.0 Å². The Bertz CT molecular complexity index is 526. The molecule has 0 spiro atoms.